The highest BCUT2D eigenvalue weighted by Crippen LogP contribution is 2.36. The molecule has 18 heavy (non-hydrogen) atoms. The van der Waals surface area contributed by atoms with Crippen LogP contribution in [-0.2, 0) is 0 Å². The maximum absolute atomic E-state index is 13.5. The molecule has 6 heteroatoms. The number of thiazole rings is 1. The Hall–Kier alpha value is -0.850. The van der Waals surface area contributed by atoms with Gasteiger partial charge < -0.3 is 5.73 Å². The highest BCUT2D eigenvalue weighted by molar-refractivity contribution is 9.10. The number of nitrogens with two attached hydrogens (primary N) is 1. The maximum Gasteiger partial charge on any atom is 0.173 e. The second kappa shape index (κ2) is 5.03. The Bertz CT molecular complexity index is 596. The zero-order valence-corrected chi connectivity index (χ0v) is 12.2. The van der Waals surface area contributed by atoms with E-state index in [1.807, 2.05) is 13.8 Å². The predicted molar refractivity (Wildman–Crippen MR) is 72.5 cm³/mol. The van der Waals surface area contributed by atoms with Crippen LogP contribution in [-0.4, -0.2) is 4.98 Å². The molecule has 0 amide bonds. The average Bonchev–Trinajstić information content (AvgIpc) is 2.68. The minimum Gasteiger partial charge on any atom is -0.323 e. The molecule has 1 aromatic heterocycles. The van der Waals surface area contributed by atoms with Crippen molar-refractivity contribution in [3.8, 4) is 10.6 Å². The lowest BCUT2D eigenvalue weighted by Gasteiger charge is -2.02. The first kappa shape index (κ1) is 13.6. The largest absolute Gasteiger partial charge is 0.323 e. The highest BCUT2D eigenvalue weighted by Gasteiger charge is 2.17. The van der Waals surface area contributed by atoms with Crippen LogP contribution < -0.4 is 5.73 Å². The Morgan fingerprint density at radius 3 is 2.61 bits per heavy atom. The van der Waals surface area contributed by atoms with Crippen molar-refractivity contribution in [2.75, 3.05) is 0 Å². The van der Waals surface area contributed by atoms with Gasteiger partial charge in [0.1, 0.15) is 5.01 Å². The molecule has 96 valence electrons. The summed E-state index contributed by atoms with van der Waals surface area (Å²) in [4.78, 5) is 5.30. The molecular formula is C12H11BrF2N2S. The quantitative estimate of drug-likeness (QED) is 0.838. The van der Waals surface area contributed by atoms with E-state index in [0.717, 1.165) is 16.6 Å². The standard InChI is InChI=1S/C12H11BrF2N2S/c1-5(16)11-6(2)17-12(18-11)7-3-4-8(14)10(15)9(7)13/h3-5H,16H2,1-2H3. The molecule has 0 aliphatic carbocycles. The van der Waals surface area contributed by atoms with E-state index < -0.39 is 11.6 Å². The van der Waals surface area contributed by atoms with Crippen molar-refractivity contribution >= 4 is 27.3 Å². The van der Waals surface area contributed by atoms with E-state index >= 15 is 0 Å². The van der Waals surface area contributed by atoms with Crippen molar-refractivity contribution in [2.45, 2.75) is 19.9 Å². The summed E-state index contributed by atoms with van der Waals surface area (Å²) in [5, 5.41) is 0.630. The monoisotopic (exact) mass is 332 g/mol. The second-order valence-electron chi connectivity index (χ2n) is 3.98. The van der Waals surface area contributed by atoms with Crippen LogP contribution in [0.2, 0.25) is 0 Å². The topological polar surface area (TPSA) is 38.9 Å². The molecule has 2 N–H and O–H groups in total. The van der Waals surface area contributed by atoms with Crippen LogP contribution in [0.4, 0.5) is 8.78 Å². The number of aryl methyl sites for hydroxylation is 1. The van der Waals surface area contributed by atoms with Crippen LogP contribution in [0.25, 0.3) is 10.6 Å². The number of benzene rings is 1. The van der Waals surface area contributed by atoms with Gasteiger partial charge in [-0.15, -0.1) is 11.3 Å². The lowest BCUT2D eigenvalue weighted by atomic mass is 10.2. The summed E-state index contributed by atoms with van der Waals surface area (Å²) < 4.78 is 26.6. The van der Waals surface area contributed by atoms with Crippen molar-refractivity contribution in [3.63, 3.8) is 0 Å². The molecular weight excluding hydrogens is 322 g/mol. The number of hydrogen-bond acceptors (Lipinski definition) is 3. The Morgan fingerprint density at radius 2 is 2.06 bits per heavy atom. The lowest BCUT2D eigenvalue weighted by molar-refractivity contribution is 0.505. The molecule has 1 atom stereocenters. The second-order valence-corrected chi connectivity index (χ2v) is 5.80. The fourth-order valence-corrected chi connectivity index (χ4v) is 3.33. The van der Waals surface area contributed by atoms with E-state index in [2.05, 4.69) is 20.9 Å². The van der Waals surface area contributed by atoms with Gasteiger partial charge in [0.2, 0.25) is 0 Å². The molecule has 0 aliphatic rings. The van der Waals surface area contributed by atoms with Gasteiger partial charge in [0.15, 0.2) is 11.6 Å². The molecule has 1 aromatic carbocycles. The average molecular weight is 333 g/mol. The van der Waals surface area contributed by atoms with E-state index in [4.69, 9.17) is 5.73 Å². The molecule has 2 aromatic rings. The number of halogens is 3. The predicted octanol–water partition coefficient (Wildman–Crippen LogP) is 4.18. The van der Waals surface area contributed by atoms with Crippen LogP contribution in [0, 0.1) is 18.6 Å². The lowest BCUT2D eigenvalue weighted by Crippen LogP contribution is -2.03. The van der Waals surface area contributed by atoms with Gasteiger partial charge in [-0.05, 0) is 41.9 Å². The zero-order chi connectivity index (χ0) is 13.4. The molecule has 2 rings (SSSR count). The summed E-state index contributed by atoms with van der Waals surface area (Å²) in [5.74, 6) is -1.78. The van der Waals surface area contributed by atoms with Crippen LogP contribution in [0.15, 0.2) is 16.6 Å². The molecule has 0 spiro atoms. The Kier molecular flexibility index (Phi) is 3.79. The minimum absolute atomic E-state index is 0.0903. The van der Waals surface area contributed by atoms with Gasteiger partial charge in [-0.3, -0.25) is 0 Å². The molecule has 2 nitrogen and oxygen atoms in total. The minimum atomic E-state index is -0.900. The van der Waals surface area contributed by atoms with Gasteiger partial charge in [-0.2, -0.15) is 0 Å². The summed E-state index contributed by atoms with van der Waals surface area (Å²) in [6.45, 7) is 3.72. The first-order chi connectivity index (χ1) is 8.41. The van der Waals surface area contributed by atoms with Gasteiger partial charge in [0, 0.05) is 16.5 Å². The normalized spacial score (nSPS) is 12.8. The summed E-state index contributed by atoms with van der Waals surface area (Å²) in [6.07, 6.45) is 0. The SMILES string of the molecule is Cc1nc(-c2ccc(F)c(F)c2Br)sc1C(C)N. The van der Waals surface area contributed by atoms with Gasteiger partial charge in [-0.25, -0.2) is 13.8 Å². The van der Waals surface area contributed by atoms with Crippen LogP contribution >= 0.6 is 27.3 Å². The smallest absolute Gasteiger partial charge is 0.173 e. The van der Waals surface area contributed by atoms with E-state index in [1.54, 1.807) is 0 Å². The molecule has 0 saturated heterocycles. The van der Waals surface area contributed by atoms with Crippen molar-refractivity contribution < 1.29 is 8.78 Å². The first-order valence-corrected chi connectivity index (χ1v) is 6.89. The maximum atomic E-state index is 13.5. The Morgan fingerprint density at radius 1 is 1.39 bits per heavy atom. The molecule has 1 heterocycles. The van der Waals surface area contributed by atoms with Gasteiger partial charge in [0.25, 0.3) is 0 Å². The van der Waals surface area contributed by atoms with Gasteiger partial charge in [-0.1, -0.05) is 0 Å². The zero-order valence-electron chi connectivity index (χ0n) is 9.80. The van der Waals surface area contributed by atoms with Crippen LogP contribution in [0.1, 0.15) is 23.5 Å². The number of aromatic nitrogens is 1. The summed E-state index contributed by atoms with van der Waals surface area (Å²) in [7, 11) is 0. The van der Waals surface area contributed by atoms with E-state index in [9.17, 15) is 8.78 Å². The Balaban J connectivity index is 2.56. The van der Waals surface area contributed by atoms with Crippen molar-refractivity contribution in [3.05, 3.63) is 38.8 Å². The van der Waals surface area contributed by atoms with E-state index in [1.165, 1.54) is 17.4 Å². The molecule has 0 bridgehead atoms. The first-order valence-electron chi connectivity index (χ1n) is 5.28. The number of hydrogen-bond donors (Lipinski definition) is 1. The third-order valence-electron chi connectivity index (χ3n) is 2.51. The number of rotatable bonds is 2. The molecule has 1 unspecified atom stereocenters. The van der Waals surface area contributed by atoms with Crippen molar-refractivity contribution in [1.29, 1.82) is 0 Å². The number of nitrogens with zero attached hydrogens (tertiary/aromatic N) is 1. The Labute approximate surface area is 116 Å². The molecule has 0 fully saturated rings. The van der Waals surface area contributed by atoms with Gasteiger partial charge >= 0.3 is 0 Å². The summed E-state index contributed by atoms with van der Waals surface area (Å²) >= 11 is 4.45. The third kappa shape index (κ3) is 2.32. The van der Waals surface area contributed by atoms with Crippen molar-refractivity contribution in [1.82, 2.24) is 4.98 Å². The van der Waals surface area contributed by atoms with Gasteiger partial charge in [0.05, 0.1) is 10.2 Å². The van der Waals surface area contributed by atoms with E-state index in [0.29, 0.717) is 10.6 Å². The molecule has 0 aliphatic heterocycles. The molecule has 0 saturated carbocycles. The third-order valence-corrected chi connectivity index (χ3v) is 4.68. The summed E-state index contributed by atoms with van der Waals surface area (Å²) in [5.41, 5.74) is 7.18. The van der Waals surface area contributed by atoms with Crippen LogP contribution in [0.5, 0.6) is 0 Å². The highest BCUT2D eigenvalue weighted by atomic mass is 79.9. The van der Waals surface area contributed by atoms with Crippen LogP contribution in [0.3, 0.4) is 0 Å². The van der Waals surface area contributed by atoms with Crippen molar-refractivity contribution in [2.24, 2.45) is 5.73 Å². The fraction of sp³-hybridized carbons (Fsp3) is 0.250. The fourth-order valence-electron chi connectivity index (χ4n) is 1.64. The molecule has 0 radical (unpaired) electrons. The van der Waals surface area contributed by atoms with E-state index in [-0.39, 0.29) is 10.5 Å². The summed E-state index contributed by atoms with van der Waals surface area (Å²) in [6, 6.07) is 2.48.